The summed E-state index contributed by atoms with van der Waals surface area (Å²) in [4.78, 5) is 0. The van der Waals surface area contributed by atoms with Gasteiger partial charge in [-0.05, 0) is 36.8 Å². The van der Waals surface area contributed by atoms with Crippen LogP contribution in [0.2, 0.25) is 0 Å². The van der Waals surface area contributed by atoms with Crippen molar-refractivity contribution in [1.29, 1.82) is 0 Å². The summed E-state index contributed by atoms with van der Waals surface area (Å²) >= 11 is 0. The molecule has 100 valence electrons. The molecular weight excluding hydrogens is 259 g/mol. The second-order valence-corrected chi connectivity index (χ2v) is 4.16. The van der Waals surface area contributed by atoms with E-state index in [0.29, 0.717) is 17.3 Å². The van der Waals surface area contributed by atoms with Crippen molar-refractivity contribution in [2.24, 2.45) is 5.10 Å². The SMILES string of the molecule is Cc1nnc2ccc(N/N=C/c3ccc(F)cc3)nn12. The first-order valence-electron chi connectivity index (χ1n) is 5.96. The second kappa shape index (κ2) is 5.04. The number of nitrogens with one attached hydrogen (secondary N) is 1. The third kappa shape index (κ3) is 2.46. The van der Waals surface area contributed by atoms with E-state index in [1.165, 1.54) is 12.1 Å². The molecule has 0 aliphatic carbocycles. The molecule has 6 nitrogen and oxygen atoms in total. The second-order valence-electron chi connectivity index (χ2n) is 4.16. The largest absolute Gasteiger partial charge is 0.260 e. The first kappa shape index (κ1) is 12.2. The lowest BCUT2D eigenvalue weighted by Gasteiger charge is -2.00. The first-order chi connectivity index (χ1) is 9.72. The highest BCUT2D eigenvalue weighted by atomic mass is 19.1. The van der Waals surface area contributed by atoms with Gasteiger partial charge < -0.3 is 0 Å². The van der Waals surface area contributed by atoms with Crippen LogP contribution in [-0.4, -0.2) is 26.0 Å². The number of fused-ring (bicyclic) bond motifs is 1. The van der Waals surface area contributed by atoms with Crippen LogP contribution in [0.15, 0.2) is 41.5 Å². The molecule has 0 unspecified atom stereocenters. The summed E-state index contributed by atoms with van der Waals surface area (Å²) in [5.74, 6) is 0.996. The molecule has 7 heteroatoms. The number of hydrogen-bond donors (Lipinski definition) is 1. The average Bonchev–Trinajstić information content (AvgIpc) is 2.83. The Balaban J connectivity index is 1.76. The van der Waals surface area contributed by atoms with Crippen LogP contribution in [0.1, 0.15) is 11.4 Å². The summed E-state index contributed by atoms with van der Waals surface area (Å²) in [5.41, 5.74) is 4.27. The van der Waals surface area contributed by atoms with Gasteiger partial charge in [0.15, 0.2) is 17.3 Å². The number of anilines is 1. The molecule has 0 aliphatic rings. The molecule has 2 heterocycles. The van der Waals surface area contributed by atoms with Gasteiger partial charge in [0.2, 0.25) is 0 Å². The summed E-state index contributed by atoms with van der Waals surface area (Å²) in [6.45, 7) is 1.82. The van der Waals surface area contributed by atoms with Gasteiger partial charge in [0.1, 0.15) is 5.82 Å². The molecule has 3 aromatic rings. The van der Waals surface area contributed by atoms with Crippen LogP contribution in [-0.2, 0) is 0 Å². The monoisotopic (exact) mass is 270 g/mol. The molecule has 0 atom stereocenters. The number of nitrogens with zero attached hydrogens (tertiary/aromatic N) is 5. The fraction of sp³-hybridized carbons (Fsp3) is 0.0769. The molecule has 20 heavy (non-hydrogen) atoms. The van der Waals surface area contributed by atoms with Gasteiger partial charge in [0.25, 0.3) is 0 Å². The molecule has 0 fully saturated rings. The maximum Gasteiger partial charge on any atom is 0.178 e. The molecule has 0 saturated heterocycles. The van der Waals surface area contributed by atoms with E-state index in [9.17, 15) is 4.39 Å². The third-order valence-electron chi connectivity index (χ3n) is 2.68. The number of benzene rings is 1. The van der Waals surface area contributed by atoms with Crippen molar-refractivity contribution in [2.75, 3.05) is 5.43 Å². The van der Waals surface area contributed by atoms with Crippen molar-refractivity contribution < 1.29 is 4.39 Å². The minimum atomic E-state index is -0.273. The van der Waals surface area contributed by atoms with Crippen LogP contribution in [0.3, 0.4) is 0 Å². The van der Waals surface area contributed by atoms with E-state index in [2.05, 4.69) is 25.8 Å². The van der Waals surface area contributed by atoms with Gasteiger partial charge in [-0.2, -0.15) is 9.62 Å². The van der Waals surface area contributed by atoms with Crippen molar-refractivity contribution >= 4 is 17.7 Å². The van der Waals surface area contributed by atoms with Crippen molar-refractivity contribution in [3.63, 3.8) is 0 Å². The zero-order valence-corrected chi connectivity index (χ0v) is 10.7. The Kier molecular flexibility index (Phi) is 3.08. The van der Waals surface area contributed by atoms with Crippen molar-refractivity contribution in [1.82, 2.24) is 19.8 Å². The number of aromatic nitrogens is 4. The fourth-order valence-electron chi connectivity index (χ4n) is 1.68. The van der Waals surface area contributed by atoms with Gasteiger partial charge >= 0.3 is 0 Å². The third-order valence-corrected chi connectivity index (χ3v) is 2.68. The molecule has 0 amide bonds. The van der Waals surface area contributed by atoms with Gasteiger partial charge in [-0.25, -0.2) is 4.39 Å². The topological polar surface area (TPSA) is 67.5 Å². The lowest BCUT2D eigenvalue weighted by atomic mass is 10.2. The minimum Gasteiger partial charge on any atom is -0.260 e. The highest BCUT2D eigenvalue weighted by Gasteiger charge is 2.02. The normalized spacial score (nSPS) is 11.3. The fourth-order valence-corrected chi connectivity index (χ4v) is 1.68. The molecule has 0 saturated carbocycles. The Bertz CT molecular complexity index is 762. The predicted molar refractivity (Wildman–Crippen MR) is 73.1 cm³/mol. The van der Waals surface area contributed by atoms with Gasteiger partial charge in [-0.15, -0.1) is 15.3 Å². The highest BCUT2D eigenvalue weighted by Crippen LogP contribution is 2.06. The van der Waals surface area contributed by atoms with Crippen molar-refractivity contribution in [2.45, 2.75) is 6.92 Å². The Morgan fingerprint density at radius 2 is 1.95 bits per heavy atom. The van der Waals surface area contributed by atoms with Crippen molar-refractivity contribution in [3.05, 3.63) is 53.6 Å². The summed E-state index contributed by atoms with van der Waals surface area (Å²) in [7, 11) is 0. The van der Waals surface area contributed by atoms with Gasteiger partial charge in [-0.3, -0.25) is 5.43 Å². The summed E-state index contributed by atoms with van der Waals surface area (Å²) < 4.78 is 14.4. The molecule has 2 aromatic heterocycles. The molecule has 1 N–H and O–H groups in total. The van der Waals surface area contributed by atoms with Crippen LogP contribution in [0, 0.1) is 12.7 Å². The molecule has 0 spiro atoms. The number of hydrogen-bond acceptors (Lipinski definition) is 5. The highest BCUT2D eigenvalue weighted by molar-refractivity contribution is 5.79. The summed E-state index contributed by atoms with van der Waals surface area (Å²) in [6, 6.07) is 9.59. The Labute approximate surface area is 114 Å². The van der Waals surface area contributed by atoms with E-state index in [-0.39, 0.29) is 5.82 Å². The quantitative estimate of drug-likeness (QED) is 0.584. The van der Waals surface area contributed by atoms with Crippen LogP contribution in [0.5, 0.6) is 0 Å². The van der Waals surface area contributed by atoms with Crippen LogP contribution in [0.4, 0.5) is 10.2 Å². The zero-order chi connectivity index (χ0) is 13.9. The van der Waals surface area contributed by atoms with Crippen LogP contribution >= 0.6 is 0 Å². The van der Waals surface area contributed by atoms with E-state index in [1.807, 2.05) is 6.92 Å². The average molecular weight is 270 g/mol. The smallest absolute Gasteiger partial charge is 0.178 e. The van der Waals surface area contributed by atoms with Crippen LogP contribution < -0.4 is 5.43 Å². The number of halogens is 1. The van der Waals surface area contributed by atoms with Gasteiger partial charge in [0, 0.05) is 0 Å². The lowest BCUT2D eigenvalue weighted by molar-refractivity contribution is 0.628. The zero-order valence-electron chi connectivity index (χ0n) is 10.7. The van der Waals surface area contributed by atoms with E-state index in [4.69, 9.17) is 0 Å². The first-order valence-corrected chi connectivity index (χ1v) is 5.96. The maximum absolute atomic E-state index is 12.7. The summed E-state index contributed by atoms with van der Waals surface area (Å²) in [5, 5.41) is 16.2. The van der Waals surface area contributed by atoms with E-state index in [1.54, 1.807) is 35.0 Å². The minimum absolute atomic E-state index is 0.273. The Morgan fingerprint density at radius 3 is 2.75 bits per heavy atom. The number of rotatable bonds is 3. The maximum atomic E-state index is 12.7. The Hall–Kier alpha value is -2.83. The van der Waals surface area contributed by atoms with E-state index < -0.39 is 0 Å². The molecule has 0 bridgehead atoms. The molecule has 1 aromatic carbocycles. The number of aryl methyl sites for hydroxylation is 1. The van der Waals surface area contributed by atoms with Gasteiger partial charge in [0.05, 0.1) is 6.21 Å². The standard InChI is InChI=1S/C13H11FN6/c1-9-16-18-13-7-6-12(19-20(9)13)17-15-8-10-2-4-11(14)5-3-10/h2-8H,1H3,(H,17,19)/b15-8+. The van der Waals surface area contributed by atoms with Crippen LogP contribution in [0.25, 0.3) is 5.65 Å². The molecular formula is C13H11FN6. The Morgan fingerprint density at radius 1 is 1.15 bits per heavy atom. The molecule has 0 radical (unpaired) electrons. The van der Waals surface area contributed by atoms with Crippen molar-refractivity contribution in [3.8, 4) is 0 Å². The summed E-state index contributed by atoms with van der Waals surface area (Å²) in [6.07, 6.45) is 1.59. The van der Waals surface area contributed by atoms with Gasteiger partial charge in [-0.1, -0.05) is 12.1 Å². The lowest BCUT2D eigenvalue weighted by Crippen LogP contribution is -2.00. The number of hydrazone groups is 1. The predicted octanol–water partition coefficient (Wildman–Crippen LogP) is 2.02. The van der Waals surface area contributed by atoms with E-state index >= 15 is 0 Å². The molecule has 0 aliphatic heterocycles. The molecule has 3 rings (SSSR count). The van der Waals surface area contributed by atoms with E-state index in [0.717, 1.165) is 5.56 Å².